The summed E-state index contributed by atoms with van der Waals surface area (Å²) in [5.74, 6) is -0.931. The Balaban J connectivity index is 1.78. The van der Waals surface area contributed by atoms with Crippen molar-refractivity contribution in [2.45, 2.75) is 57.3 Å². The highest BCUT2D eigenvalue weighted by molar-refractivity contribution is 5.77. The fourth-order valence-electron chi connectivity index (χ4n) is 4.22. The predicted molar refractivity (Wildman–Crippen MR) is 92.7 cm³/mol. The first kappa shape index (κ1) is 17.3. The maximum atomic E-state index is 15.4. The Labute approximate surface area is 142 Å². The Morgan fingerprint density at radius 3 is 2.33 bits per heavy atom. The van der Waals surface area contributed by atoms with Crippen LogP contribution in [-0.2, 0) is 0 Å². The summed E-state index contributed by atoms with van der Waals surface area (Å²) in [4.78, 5) is 0. The van der Waals surface area contributed by atoms with Crippen LogP contribution in [0.2, 0.25) is 0 Å². The van der Waals surface area contributed by atoms with Crippen molar-refractivity contribution in [1.82, 2.24) is 0 Å². The molecule has 2 aliphatic rings. The van der Waals surface area contributed by atoms with Crippen LogP contribution < -0.4 is 0 Å². The van der Waals surface area contributed by atoms with E-state index in [0.717, 1.165) is 25.7 Å². The molecule has 0 nitrogen and oxygen atoms in total. The largest absolute Gasteiger partial charge is 0.239 e. The second-order valence-electron chi connectivity index (χ2n) is 7.16. The van der Waals surface area contributed by atoms with E-state index in [2.05, 4.69) is 6.92 Å². The molecule has 130 valence electrons. The highest BCUT2D eigenvalue weighted by atomic mass is 19.2. The summed E-state index contributed by atoms with van der Waals surface area (Å²) in [6.45, 7) is 2.14. The minimum atomic E-state index is -2.49. The van der Waals surface area contributed by atoms with Crippen LogP contribution in [0.4, 0.5) is 13.2 Å². The van der Waals surface area contributed by atoms with Crippen LogP contribution in [0.1, 0.15) is 51.0 Å². The van der Waals surface area contributed by atoms with Crippen LogP contribution in [0.5, 0.6) is 0 Å². The highest BCUT2D eigenvalue weighted by Gasteiger charge is 2.52. The van der Waals surface area contributed by atoms with Crippen LogP contribution in [0.25, 0.3) is 5.57 Å². The first-order valence-corrected chi connectivity index (χ1v) is 9.03. The van der Waals surface area contributed by atoms with Crippen LogP contribution in [0, 0.1) is 11.8 Å². The highest BCUT2D eigenvalue weighted by Crippen LogP contribution is 2.49. The monoisotopic (exact) mass is 334 g/mol. The van der Waals surface area contributed by atoms with E-state index in [0.29, 0.717) is 29.9 Å². The molecule has 2 atom stereocenters. The van der Waals surface area contributed by atoms with Crippen LogP contribution in [0.3, 0.4) is 0 Å². The lowest BCUT2D eigenvalue weighted by molar-refractivity contribution is 0.00468. The van der Waals surface area contributed by atoms with Crippen molar-refractivity contribution in [3.05, 3.63) is 53.9 Å². The standard InChI is InChI=1S/C21H25F3/c1-2-6-15-9-11-18(12-10-15)21(24)19(22)13-17(14-20(21)23)16-7-4-3-5-8-16/h3-5,7-8,13-15,18-19H,2,6,9-12H2,1H3. The van der Waals surface area contributed by atoms with E-state index in [-0.39, 0.29) is 0 Å². The Hall–Kier alpha value is -1.51. The SMILES string of the molecule is CCCC1CCC(C2(F)C(F)=CC(c3ccccc3)=CC2F)CC1. The molecule has 0 heterocycles. The lowest BCUT2D eigenvalue weighted by Gasteiger charge is -2.40. The molecule has 0 saturated heterocycles. The van der Waals surface area contributed by atoms with Gasteiger partial charge in [0.05, 0.1) is 0 Å². The van der Waals surface area contributed by atoms with Crippen molar-refractivity contribution < 1.29 is 13.2 Å². The molecular weight excluding hydrogens is 309 g/mol. The fraction of sp³-hybridized carbons (Fsp3) is 0.524. The van der Waals surface area contributed by atoms with Gasteiger partial charge in [-0.25, -0.2) is 13.2 Å². The summed E-state index contributed by atoms with van der Waals surface area (Å²) >= 11 is 0. The van der Waals surface area contributed by atoms with Gasteiger partial charge in [0, 0.05) is 5.92 Å². The van der Waals surface area contributed by atoms with E-state index < -0.39 is 23.6 Å². The molecule has 24 heavy (non-hydrogen) atoms. The van der Waals surface area contributed by atoms with E-state index in [1.54, 1.807) is 12.1 Å². The molecule has 1 aromatic carbocycles. The smallest absolute Gasteiger partial charge is 0.199 e. The summed E-state index contributed by atoms with van der Waals surface area (Å²) in [5, 5.41) is 0. The first-order chi connectivity index (χ1) is 11.6. The molecule has 0 radical (unpaired) electrons. The number of halogens is 3. The summed E-state index contributed by atoms with van der Waals surface area (Å²) in [5.41, 5.74) is -1.35. The number of benzene rings is 1. The van der Waals surface area contributed by atoms with Gasteiger partial charge in [0.25, 0.3) is 0 Å². The molecule has 3 heteroatoms. The predicted octanol–water partition coefficient (Wildman–Crippen LogP) is 6.59. The minimum absolute atomic E-state index is 0.425. The number of allylic oxidation sites excluding steroid dienone is 4. The van der Waals surface area contributed by atoms with Crippen molar-refractivity contribution in [1.29, 1.82) is 0 Å². The number of rotatable bonds is 4. The molecule has 0 aliphatic heterocycles. The van der Waals surface area contributed by atoms with E-state index in [9.17, 15) is 8.78 Å². The number of hydrogen-bond acceptors (Lipinski definition) is 0. The summed E-state index contributed by atoms with van der Waals surface area (Å²) < 4.78 is 44.8. The van der Waals surface area contributed by atoms with Gasteiger partial charge in [0.15, 0.2) is 11.8 Å². The van der Waals surface area contributed by atoms with Gasteiger partial charge in [-0.3, -0.25) is 0 Å². The molecule has 1 aromatic rings. The third kappa shape index (κ3) is 3.18. The summed E-state index contributed by atoms with van der Waals surface area (Å²) in [6, 6.07) is 9.02. The number of alkyl halides is 2. The normalized spacial score (nSPS) is 33.8. The minimum Gasteiger partial charge on any atom is -0.239 e. The molecule has 1 saturated carbocycles. The van der Waals surface area contributed by atoms with E-state index in [1.807, 2.05) is 18.2 Å². The summed E-state index contributed by atoms with van der Waals surface area (Å²) in [7, 11) is 0. The van der Waals surface area contributed by atoms with E-state index >= 15 is 4.39 Å². The molecule has 0 aromatic heterocycles. The zero-order chi connectivity index (χ0) is 17.2. The van der Waals surface area contributed by atoms with Gasteiger partial charge in [-0.2, -0.15) is 0 Å². The van der Waals surface area contributed by atoms with Crippen LogP contribution in [-0.4, -0.2) is 11.8 Å². The molecule has 3 rings (SSSR count). The Bertz CT molecular complexity index is 611. The maximum Gasteiger partial charge on any atom is 0.199 e. The first-order valence-electron chi connectivity index (χ1n) is 9.03. The molecule has 2 aliphatic carbocycles. The molecule has 0 N–H and O–H groups in total. The van der Waals surface area contributed by atoms with Crippen molar-refractivity contribution >= 4 is 5.57 Å². The quantitative estimate of drug-likeness (QED) is 0.582. The Morgan fingerprint density at radius 1 is 1.08 bits per heavy atom. The average Bonchev–Trinajstić information content (AvgIpc) is 2.61. The van der Waals surface area contributed by atoms with Gasteiger partial charge >= 0.3 is 0 Å². The van der Waals surface area contributed by atoms with Gasteiger partial charge in [-0.15, -0.1) is 0 Å². The van der Waals surface area contributed by atoms with Gasteiger partial charge in [-0.05, 0) is 42.0 Å². The fourth-order valence-corrected chi connectivity index (χ4v) is 4.22. The van der Waals surface area contributed by atoms with Crippen molar-refractivity contribution in [2.24, 2.45) is 11.8 Å². The van der Waals surface area contributed by atoms with Crippen molar-refractivity contribution in [3.8, 4) is 0 Å². The average molecular weight is 334 g/mol. The molecule has 2 unspecified atom stereocenters. The molecular formula is C21H25F3. The molecule has 1 fully saturated rings. The van der Waals surface area contributed by atoms with Crippen molar-refractivity contribution in [2.75, 3.05) is 0 Å². The van der Waals surface area contributed by atoms with Crippen LogP contribution >= 0.6 is 0 Å². The van der Waals surface area contributed by atoms with Gasteiger partial charge < -0.3 is 0 Å². The molecule has 0 spiro atoms. The molecule has 0 amide bonds. The van der Waals surface area contributed by atoms with Gasteiger partial charge in [0.1, 0.15) is 5.83 Å². The van der Waals surface area contributed by atoms with E-state index in [1.165, 1.54) is 12.2 Å². The van der Waals surface area contributed by atoms with Crippen LogP contribution in [0.15, 0.2) is 48.3 Å². The molecule has 0 bridgehead atoms. The number of hydrogen-bond donors (Lipinski definition) is 0. The second kappa shape index (κ2) is 7.16. The second-order valence-corrected chi connectivity index (χ2v) is 7.16. The lowest BCUT2D eigenvalue weighted by atomic mass is 9.69. The van der Waals surface area contributed by atoms with E-state index in [4.69, 9.17) is 0 Å². The zero-order valence-electron chi connectivity index (χ0n) is 14.2. The maximum absolute atomic E-state index is 15.4. The Morgan fingerprint density at radius 2 is 1.75 bits per heavy atom. The lowest BCUT2D eigenvalue weighted by Crippen LogP contribution is -2.45. The van der Waals surface area contributed by atoms with Crippen molar-refractivity contribution in [3.63, 3.8) is 0 Å². The third-order valence-corrected chi connectivity index (χ3v) is 5.62. The van der Waals surface area contributed by atoms with Gasteiger partial charge in [-0.1, -0.05) is 62.9 Å². The Kier molecular flexibility index (Phi) is 5.17. The zero-order valence-corrected chi connectivity index (χ0v) is 14.2. The van der Waals surface area contributed by atoms with Gasteiger partial charge in [0.2, 0.25) is 0 Å². The topological polar surface area (TPSA) is 0 Å². The third-order valence-electron chi connectivity index (χ3n) is 5.62. The summed E-state index contributed by atoms with van der Waals surface area (Å²) in [6.07, 6.45) is 5.62.